The first-order chi connectivity index (χ1) is 7.02. The van der Waals surface area contributed by atoms with E-state index in [4.69, 9.17) is 11.5 Å². The molecule has 0 saturated heterocycles. The number of rotatable bonds is 4. The molecule has 2 unspecified atom stereocenters. The van der Waals surface area contributed by atoms with Crippen molar-refractivity contribution in [2.75, 3.05) is 5.73 Å². The predicted octanol–water partition coefficient (Wildman–Crippen LogP) is 1.85. The van der Waals surface area contributed by atoms with Crippen LogP contribution in [-0.4, -0.2) is 11.1 Å². The van der Waals surface area contributed by atoms with Crippen molar-refractivity contribution in [2.45, 2.75) is 19.4 Å². The van der Waals surface area contributed by atoms with Gasteiger partial charge in [0.25, 0.3) is 0 Å². The van der Waals surface area contributed by atoms with Crippen molar-refractivity contribution in [1.82, 2.24) is 0 Å². The zero-order chi connectivity index (χ0) is 11.4. The molecule has 0 spiro atoms. The Labute approximate surface area is 90.4 Å². The van der Waals surface area contributed by atoms with Gasteiger partial charge in [-0.05, 0) is 24.0 Å². The average Bonchev–Trinajstić information content (AvgIpc) is 2.20. The zero-order valence-corrected chi connectivity index (χ0v) is 8.98. The number of nitrogens with two attached hydrogens (primary N) is 2. The van der Waals surface area contributed by atoms with Crippen molar-refractivity contribution in [3.8, 4) is 0 Å². The molecule has 5 N–H and O–H groups in total. The SMILES string of the molecule is C=C(O)C(N)C(C)Cc1ccccc1N. The lowest BCUT2D eigenvalue weighted by Gasteiger charge is -2.19. The summed E-state index contributed by atoms with van der Waals surface area (Å²) in [6, 6.07) is 7.27. The van der Waals surface area contributed by atoms with Gasteiger partial charge in [0.15, 0.2) is 0 Å². The van der Waals surface area contributed by atoms with Gasteiger partial charge in [0.2, 0.25) is 0 Å². The molecule has 1 aromatic rings. The van der Waals surface area contributed by atoms with Crippen LogP contribution in [0.4, 0.5) is 5.69 Å². The Morgan fingerprint density at radius 1 is 1.47 bits per heavy atom. The Bertz CT molecular complexity index is 349. The van der Waals surface area contributed by atoms with Crippen molar-refractivity contribution in [3.63, 3.8) is 0 Å². The summed E-state index contributed by atoms with van der Waals surface area (Å²) in [4.78, 5) is 0. The van der Waals surface area contributed by atoms with Crippen molar-refractivity contribution in [1.29, 1.82) is 0 Å². The highest BCUT2D eigenvalue weighted by molar-refractivity contribution is 5.46. The third kappa shape index (κ3) is 2.99. The molecule has 0 bridgehead atoms. The number of para-hydroxylation sites is 1. The van der Waals surface area contributed by atoms with Crippen molar-refractivity contribution in [3.05, 3.63) is 42.2 Å². The van der Waals surface area contributed by atoms with E-state index in [1.165, 1.54) is 0 Å². The van der Waals surface area contributed by atoms with E-state index < -0.39 is 6.04 Å². The quantitative estimate of drug-likeness (QED) is 0.520. The molecule has 3 heteroatoms. The highest BCUT2D eigenvalue weighted by Crippen LogP contribution is 2.18. The highest BCUT2D eigenvalue weighted by atomic mass is 16.3. The maximum absolute atomic E-state index is 9.19. The minimum Gasteiger partial charge on any atom is -0.511 e. The maximum atomic E-state index is 9.19. The third-order valence-corrected chi connectivity index (χ3v) is 2.59. The van der Waals surface area contributed by atoms with Crippen LogP contribution in [-0.2, 0) is 6.42 Å². The molecule has 0 fully saturated rings. The van der Waals surface area contributed by atoms with Gasteiger partial charge >= 0.3 is 0 Å². The van der Waals surface area contributed by atoms with Gasteiger partial charge in [-0.15, -0.1) is 0 Å². The highest BCUT2D eigenvalue weighted by Gasteiger charge is 2.16. The Kier molecular flexibility index (Phi) is 3.74. The van der Waals surface area contributed by atoms with E-state index in [-0.39, 0.29) is 11.7 Å². The second kappa shape index (κ2) is 4.84. The van der Waals surface area contributed by atoms with Crippen molar-refractivity contribution in [2.24, 2.45) is 11.7 Å². The Morgan fingerprint density at radius 3 is 2.60 bits per heavy atom. The maximum Gasteiger partial charge on any atom is 0.102 e. The summed E-state index contributed by atoms with van der Waals surface area (Å²) in [5.74, 6) is 0.143. The minimum absolute atomic E-state index is 0.0250. The second-order valence-electron chi connectivity index (χ2n) is 3.90. The van der Waals surface area contributed by atoms with Crippen LogP contribution >= 0.6 is 0 Å². The number of hydrogen-bond acceptors (Lipinski definition) is 3. The predicted molar refractivity (Wildman–Crippen MR) is 63.5 cm³/mol. The van der Waals surface area contributed by atoms with Crippen LogP contribution in [0, 0.1) is 5.92 Å². The Balaban J connectivity index is 2.70. The lowest BCUT2D eigenvalue weighted by molar-refractivity contribution is 0.326. The van der Waals surface area contributed by atoms with E-state index in [1.807, 2.05) is 31.2 Å². The van der Waals surface area contributed by atoms with Gasteiger partial charge in [-0.3, -0.25) is 0 Å². The third-order valence-electron chi connectivity index (χ3n) is 2.59. The van der Waals surface area contributed by atoms with E-state index in [1.54, 1.807) is 0 Å². The summed E-state index contributed by atoms with van der Waals surface area (Å²) in [6.07, 6.45) is 0.743. The lowest BCUT2D eigenvalue weighted by Crippen LogP contribution is -2.31. The van der Waals surface area contributed by atoms with E-state index in [0.29, 0.717) is 0 Å². The normalized spacial score (nSPS) is 14.5. The molecule has 82 valence electrons. The van der Waals surface area contributed by atoms with Crippen LogP contribution in [0.15, 0.2) is 36.6 Å². The molecule has 0 aliphatic rings. The number of anilines is 1. The van der Waals surface area contributed by atoms with Crippen LogP contribution in [0.2, 0.25) is 0 Å². The number of aliphatic hydroxyl groups excluding tert-OH is 1. The molecule has 1 rings (SSSR count). The van der Waals surface area contributed by atoms with E-state index in [9.17, 15) is 5.11 Å². The largest absolute Gasteiger partial charge is 0.511 e. The van der Waals surface area contributed by atoms with Crippen LogP contribution in [0.3, 0.4) is 0 Å². The van der Waals surface area contributed by atoms with E-state index in [0.717, 1.165) is 17.7 Å². The van der Waals surface area contributed by atoms with E-state index >= 15 is 0 Å². The number of benzene rings is 1. The number of nitrogen functional groups attached to an aromatic ring is 1. The summed E-state index contributed by atoms with van der Waals surface area (Å²) < 4.78 is 0. The summed E-state index contributed by atoms with van der Waals surface area (Å²) in [7, 11) is 0. The first-order valence-corrected chi connectivity index (χ1v) is 4.99. The number of hydrogen-bond donors (Lipinski definition) is 3. The van der Waals surface area contributed by atoms with Crippen molar-refractivity contribution < 1.29 is 5.11 Å². The first kappa shape index (κ1) is 11.6. The van der Waals surface area contributed by atoms with Crippen LogP contribution in [0.5, 0.6) is 0 Å². The molecule has 0 amide bonds. The smallest absolute Gasteiger partial charge is 0.102 e. The zero-order valence-electron chi connectivity index (χ0n) is 8.98. The molecule has 0 aliphatic heterocycles. The average molecular weight is 206 g/mol. The molecule has 0 aliphatic carbocycles. The summed E-state index contributed by atoms with van der Waals surface area (Å²) in [5.41, 5.74) is 13.4. The standard InChI is InChI=1S/C12H18N2O/c1-8(12(14)9(2)15)7-10-5-3-4-6-11(10)13/h3-6,8,12,15H,2,7,13-14H2,1H3. The van der Waals surface area contributed by atoms with Gasteiger partial charge in [-0.1, -0.05) is 31.7 Å². The van der Waals surface area contributed by atoms with Crippen molar-refractivity contribution >= 4 is 5.69 Å². The molecule has 0 heterocycles. The number of aliphatic hydroxyl groups is 1. The van der Waals surface area contributed by atoms with E-state index in [2.05, 4.69) is 6.58 Å². The molecule has 3 nitrogen and oxygen atoms in total. The summed E-state index contributed by atoms with van der Waals surface area (Å²) in [5, 5.41) is 9.19. The van der Waals surface area contributed by atoms with Crippen LogP contribution in [0.1, 0.15) is 12.5 Å². The molecule has 0 saturated carbocycles. The second-order valence-corrected chi connectivity index (χ2v) is 3.90. The fraction of sp³-hybridized carbons (Fsp3) is 0.333. The van der Waals surface area contributed by atoms with Gasteiger partial charge in [0.05, 0.1) is 6.04 Å². The molecule has 0 radical (unpaired) electrons. The fourth-order valence-corrected chi connectivity index (χ4v) is 1.52. The Morgan fingerprint density at radius 2 is 2.07 bits per heavy atom. The molecule has 0 aromatic heterocycles. The van der Waals surface area contributed by atoms with Gasteiger partial charge in [-0.2, -0.15) is 0 Å². The summed E-state index contributed by atoms with van der Waals surface area (Å²) >= 11 is 0. The topological polar surface area (TPSA) is 72.3 Å². The first-order valence-electron chi connectivity index (χ1n) is 4.99. The molecular weight excluding hydrogens is 188 g/mol. The molecular formula is C12H18N2O. The lowest BCUT2D eigenvalue weighted by atomic mass is 9.93. The molecule has 2 atom stereocenters. The van der Waals surface area contributed by atoms with Crippen LogP contribution < -0.4 is 11.5 Å². The molecule has 1 aromatic carbocycles. The molecule has 15 heavy (non-hydrogen) atoms. The van der Waals surface area contributed by atoms with Crippen LogP contribution in [0.25, 0.3) is 0 Å². The monoisotopic (exact) mass is 206 g/mol. The van der Waals surface area contributed by atoms with Gasteiger partial charge < -0.3 is 16.6 Å². The van der Waals surface area contributed by atoms with Gasteiger partial charge in [0, 0.05) is 5.69 Å². The van der Waals surface area contributed by atoms with Gasteiger partial charge in [0.1, 0.15) is 5.76 Å². The summed E-state index contributed by atoms with van der Waals surface area (Å²) in [6.45, 7) is 5.41. The Hall–Kier alpha value is -1.48. The fourth-order valence-electron chi connectivity index (χ4n) is 1.52. The minimum atomic E-state index is -0.399. The van der Waals surface area contributed by atoms with Gasteiger partial charge in [-0.25, -0.2) is 0 Å².